The highest BCUT2D eigenvalue weighted by Gasteiger charge is 2.32. The molecule has 1 aromatic carbocycles. The molecule has 30 heavy (non-hydrogen) atoms. The molecular formula is C21H31F3N4O2. The zero-order chi connectivity index (χ0) is 22.4. The number of halogens is 3. The van der Waals surface area contributed by atoms with Crippen molar-refractivity contribution >= 4 is 11.7 Å². The van der Waals surface area contributed by atoms with E-state index in [2.05, 4.69) is 27.7 Å². The summed E-state index contributed by atoms with van der Waals surface area (Å²) in [6, 6.07) is 4.45. The lowest BCUT2D eigenvalue weighted by Crippen LogP contribution is -2.09. The molecule has 0 saturated carbocycles. The summed E-state index contributed by atoms with van der Waals surface area (Å²) in [5.41, 5.74) is 0.212. The molecule has 0 atom stereocenters. The quantitative estimate of drug-likeness (QED) is 0.378. The largest absolute Gasteiger partial charge is 0.476 e. The van der Waals surface area contributed by atoms with Crippen LogP contribution in [0, 0.1) is 6.92 Å². The average molecular weight is 428 g/mol. The maximum absolute atomic E-state index is 12.8. The average Bonchev–Trinajstić information content (AvgIpc) is 3.23. The molecule has 0 aliphatic carbocycles. The number of hydrogen-bond donors (Lipinski definition) is 3. The maximum Gasteiger partial charge on any atom is 0.416 e. The lowest BCUT2D eigenvalue weighted by molar-refractivity contribution is -0.138. The number of aromatic nitrogens is 3. The highest BCUT2D eigenvalue weighted by molar-refractivity contribution is 5.84. The van der Waals surface area contributed by atoms with Gasteiger partial charge in [0, 0.05) is 12.2 Å². The Bertz CT molecular complexity index is 734. The fourth-order valence-electron chi connectivity index (χ4n) is 2.83. The molecule has 6 nitrogen and oxygen atoms in total. The van der Waals surface area contributed by atoms with Gasteiger partial charge >= 0.3 is 12.1 Å². The first kappa shape index (κ1) is 25.5. The van der Waals surface area contributed by atoms with Crippen LogP contribution in [0.5, 0.6) is 0 Å². The molecule has 0 fully saturated rings. The topological polar surface area (TPSA) is 90.9 Å². The van der Waals surface area contributed by atoms with E-state index < -0.39 is 17.7 Å². The van der Waals surface area contributed by atoms with Crippen LogP contribution in [0.15, 0.2) is 24.4 Å². The van der Waals surface area contributed by atoms with Crippen LogP contribution >= 0.6 is 0 Å². The number of aromatic carboxylic acids is 1. The van der Waals surface area contributed by atoms with Crippen LogP contribution in [-0.4, -0.2) is 33.0 Å². The van der Waals surface area contributed by atoms with Crippen molar-refractivity contribution in [3.05, 3.63) is 41.2 Å². The van der Waals surface area contributed by atoms with Gasteiger partial charge in [0.15, 0.2) is 5.69 Å². The van der Waals surface area contributed by atoms with E-state index in [1.165, 1.54) is 57.6 Å². The maximum atomic E-state index is 12.8. The van der Waals surface area contributed by atoms with E-state index in [1.807, 2.05) is 0 Å². The number of H-pyrrole nitrogens is 1. The standard InChI is InChI=1S/C18H28F3N.C3H3N3O2/c1-3-4-5-6-7-8-9-10-13-22-16-12-11-15(2)17(14-16)18(19,20)21;7-3(8)2-1-4-6-5-2/h11-12,14,22H,3-10,13H2,1-2H3;1H,(H,7,8)(H,4,5,6). The van der Waals surface area contributed by atoms with E-state index in [0.29, 0.717) is 5.69 Å². The summed E-state index contributed by atoms with van der Waals surface area (Å²) in [5, 5.41) is 20.0. The van der Waals surface area contributed by atoms with E-state index in [0.717, 1.165) is 25.6 Å². The Kier molecular flexibility index (Phi) is 11.5. The van der Waals surface area contributed by atoms with Gasteiger partial charge in [0.05, 0.1) is 11.8 Å². The van der Waals surface area contributed by atoms with Crippen LogP contribution in [0.4, 0.5) is 18.9 Å². The minimum absolute atomic E-state index is 0.0648. The summed E-state index contributed by atoms with van der Waals surface area (Å²) in [4.78, 5) is 9.94. The molecule has 0 aliphatic heterocycles. The van der Waals surface area contributed by atoms with Crippen LogP contribution in [0.1, 0.15) is 79.9 Å². The Morgan fingerprint density at radius 2 is 1.73 bits per heavy atom. The molecule has 0 aliphatic rings. The van der Waals surface area contributed by atoms with Crippen molar-refractivity contribution in [3.8, 4) is 0 Å². The lowest BCUT2D eigenvalue weighted by Gasteiger charge is -2.13. The second kappa shape index (κ2) is 13.6. The number of rotatable bonds is 11. The van der Waals surface area contributed by atoms with Crippen molar-refractivity contribution in [2.45, 2.75) is 71.4 Å². The van der Waals surface area contributed by atoms with Gasteiger partial charge in [-0.05, 0) is 31.0 Å². The monoisotopic (exact) mass is 428 g/mol. The first-order valence-electron chi connectivity index (χ1n) is 10.3. The summed E-state index contributed by atoms with van der Waals surface area (Å²) in [6.45, 7) is 4.43. The third-order valence-corrected chi connectivity index (χ3v) is 4.54. The fourth-order valence-corrected chi connectivity index (χ4v) is 2.83. The van der Waals surface area contributed by atoms with Gasteiger partial charge in [-0.1, -0.05) is 57.9 Å². The zero-order valence-corrected chi connectivity index (χ0v) is 17.6. The number of anilines is 1. The van der Waals surface area contributed by atoms with E-state index in [9.17, 15) is 18.0 Å². The van der Waals surface area contributed by atoms with Gasteiger partial charge in [0.2, 0.25) is 0 Å². The van der Waals surface area contributed by atoms with Crippen LogP contribution in [0.2, 0.25) is 0 Å². The summed E-state index contributed by atoms with van der Waals surface area (Å²) >= 11 is 0. The molecule has 2 rings (SSSR count). The predicted octanol–water partition coefficient (Wildman–Crippen LogP) is 6.07. The molecule has 0 unspecified atom stereocenters. The second-order valence-electron chi connectivity index (χ2n) is 7.09. The van der Waals surface area contributed by atoms with Gasteiger partial charge in [-0.2, -0.15) is 23.5 Å². The number of carboxylic acids is 1. The van der Waals surface area contributed by atoms with E-state index in [1.54, 1.807) is 6.07 Å². The minimum Gasteiger partial charge on any atom is -0.476 e. The summed E-state index contributed by atoms with van der Waals surface area (Å²) in [6.07, 6.45) is 6.68. The molecule has 9 heteroatoms. The highest BCUT2D eigenvalue weighted by Crippen LogP contribution is 2.33. The number of aromatic amines is 1. The third-order valence-electron chi connectivity index (χ3n) is 4.54. The third kappa shape index (κ3) is 10.3. The second-order valence-corrected chi connectivity index (χ2v) is 7.09. The van der Waals surface area contributed by atoms with Crippen LogP contribution in [0.3, 0.4) is 0 Å². The van der Waals surface area contributed by atoms with Crippen molar-refractivity contribution < 1.29 is 23.1 Å². The SMILES string of the molecule is CCCCCCCCCCNc1ccc(C)c(C(F)(F)F)c1.O=C(O)c1cn[nH]n1. The van der Waals surface area contributed by atoms with Crippen molar-refractivity contribution in [3.63, 3.8) is 0 Å². The molecule has 1 heterocycles. The van der Waals surface area contributed by atoms with E-state index in [-0.39, 0.29) is 11.3 Å². The van der Waals surface area contributed by atoms with Gasteiger partial charge in [-0.15, -0.1) is 5.10 Å². The van der Waals surface area contributed by atoms with Crippen LogP contribution < -0.4 is 5.32 Å². The molecule has 3 N–H and O–H groups in total. The van der Waals surface area contributed by atoms with Gasteiger partial charge in [0.25, 0.3) is 0 Å². The van der Waals surface area contributed by atoms with Crippen LogP contribution in [0.25, 0.3) is 0 Å². The molecular weight excluding hydrogens is 397 g/mol. The number of carboxylic acid groups (broad SMARTS) is 1. The summed E-state index contributed by atoms with van der Waals surface area (Å²) in [7, 11) is 0. The summed E-state index contributed by atoms with van der Waals surface area (Å²) in [5.74, 6) is -1.07. The van der Waals surface area contributed by atoms with E-state index in [4.69, 9.17) is 5.11 Å². The van der Waals surface area contributed by atoms with Crippen molar-refractivity contribution in [2.24, 2.45) is 0 Å². The van der Waals surface area contributed by atoms with Crippen molar-refractivity contribution in [2.75, 3.05) is 11.9 Å². The molecule has 0 amide bonds. The predicted molar refractivity (Wildman–Crippen MR) is 111 cm³/mol. The summed E-state index contributed by atoms with van der Waals surface area (Å²) < 4.78 is 38.5. The Labute approximate surface area is 175 Å². The highest BCUT2D eigenvalue weighted by atomic mass is 19.4. The van der Waals surface area contributed by atoms with Crippen molar-refractivity contribution in [1.29, 1.82) is 0 Å². The number of nitrogens with zero attached hydrogens (tertiary/aromatic N) is 2. The van der Waals surface area contributed by atoms with Gasteiger partial charge in [0.1, 0.15) is 0 Å². The Hall–Kier alpha value is -2.58. The molecule has 1 aromatic heterocycles. The normalized spacial score (nSPS) is 11.0. The lowest BCUT2D eigenvalue weighted by atomic mass is 10.1. The molecule has 0 saturated heterocycles. The zero-order valence-electron chi connectivity index (χ0n) is 17.6. The number of aryl methyl sites for hydroxylation is 1. The molecule has 0 bridgehead atoms. The molecule has 2 aromatic rings. The number of unbranched alkanes of at least 4 members (excludes halogenated alkanes) is 7. The van der Waals surface area contributed by atoms with Gasteiger partial charge < -0.3 is 10.4 Å². The van der Waals surface area contributed by atoms with E-state index >= 15 is 0 Å². The molecule has 0 spiro atoms. The first-order chi connectivity index (χ1) is 14.3. The fraction of sp³-hybridized carbons (Fsp3) is 0.571. The number of carbonyl (C=O) groups is 1. The number of alkyl halides is 3. The Morgan fingerprint density at radius 3 is 2.23 bits per heavy atom. The number of nitrogens with one attached hydrogen (secondary N) is 2. The first-order valence-corrected chi connectivity index (χ1v) is 10.3. The molecule has 0 radical (unpaired) electrons. The Morgan fingerprint density at radius 1 is 1.10 bits per heavy atom. The Balaban J connectivity index is 0.000000467. The van der Waals surface area contributed by atoms with Gasteiger partial charge in [-0.25, -0.2) is 4.79 Å². The smallest absolute Gasteiger partial charge is 0.416 e. The van der Waals surface area contributed by atoms with Crippen LogP contribution in [-0.2, 0) is 6.18 Å². The molecule has 168 valence electrons. The number of hydrogen-bond acceptors (Lipinski definition) is 4. The number of benzene rings is 1. The minimum atomic E-state index is -4.28. The van der Waals surface area contributed by atoms with Crippen molar-refractivity contribution in [1.82, 2.24) is 15.4 Å². The van der Waals surface area contributed by atoms with Gasteiger partial charge in [-0.3, -0.25) is 0 Å².